The Labute approximate surface area is 122 Å². The first-order valence-corrected chi connectivity index (χ1v) is 7.37. The van der Waals surface area contributed by atoms with Gasteiger partial charge in [-0.1, -0.05) is 35.9 Å². The van der Waals surface area contributed by atoms with Crippen LogP contribution in [0.4, 0.5) is 4.39 Å². The summed E-state index contributed by atoms with van der Waals surface area (Å²) in [7, 11) is 1.88. The second-order valence-electron chi connectivity index (χ2n) is 4.14. The van der Waals surface area contributed by atoms with E-state index in [2.05, 4.69) is 5.32 Å². The lowest BCUT2D eigenvalue weighted by molar-refractivity contribution is 0.611. The standard InChI is InChI=1S/C15H15ClFNS/c1-18-14(11-5-4-6-12(17)9-11)10-19-15-8-3-2-7-13(15)16/h2-9,14,18H,10H2,1H3. The van der Waals surface area contributed by atoms with Crippen molar-refractivity contribution in [2.45, 2.75) is 10.9 Å². The first-order chi connectivity index (χ1) is 9.20. The highest BCUT2D eigenvalue weighted by Gasteiger charge is 2.11. The van der Waals surface area contributed by atoms with E-state index >= 15 is 0 Å². The first-order valence-electron chi connectivity index (χ1n) is 6.01. The molecular weight excluding hydrogens is 281 g/mol. The van der Waals surface area contributed by atoms with E-state index in [0.717, 1.165) is 21.2 Å². The van der Waals surface area contributed by atoms with Crippen molar-refractivity contribution in [3.8, 4) is 0 Å². The van der Waals surface area contributed by atoms with Crippen LogP contribution in [0.1, 0.15) is 11.6 Å². The third kappa shape index (κ3) is 3.96. The monoisotopic (exact) mass is 295 g/mol. The Morgan fingerprint density at radius 3 is 2.68 bits per heavy atom. The first kappa shape index (κ1) is 14.4. The number of hydrogen-bond acceptors (Lipinski definition) is 2. The molecule has 2 aromatic carbocycles. The van der Waals surface area contributed by atoms with Gasteiger partial charge in [0.1, 0.15) is 5.82 Å². The molecule has 0 spiro atoms. The van der Waals surface area contributed by atoms with Crippen LogP contribution in [0.25, 0.3) is 0 Å². The molecule has 0 radical (unpaired) electrons. The maximum atomic E-state index is 13.2. The second kappa shape index (κ2) is 6.94. The van der Waals surface area contributed by atoms with Gasteiger partial charge in [-0.3, -0.25) is 0 Å². The molecule has 0 aromatic heterocycles. The topological polar surface area (TPSA) is 12.0 Å². The minimum Gasteiger partial charge on any atom is -0.312 e. The van der Waals surface area contributed by atoms with E-state index in [9.17, 15) is 4.39 Å². The fourth-order valence-corrected chi connectivity index (χ4v) is 3.19. The van der Waals surface area contributed by atoms with Crippen molar-refractivity contribution in [3.05, 3.63) is 64.9 Å². The van der Waals surface area contributed by atoms with Crippen molar-refractivity contribution in [2.75, 3.05) is 12.8 Å². The van der Waals surface area contributed by atoms with E-state index in [1.165, 1.54) is 6.07 Å². The molecule has 0 fully saturated rings. The third-order valence-electron chi connectivity index (χ3n) is 2.84. The fraction of sp³-hybridized carbons (Fsp3) is 0.200. The van der Waals surface area contributed by atoms with Crippen molar-refractivity contribution in [1.29, 1.82) is 0 Å². The van der Waals surface area contributed by atoms with Gasteiger partial charge < -0.3 is 5.32 Å². The Hall–Kier alpha value is -1.03. The maximum Gasteiger partial charge on any atom is 0.123 e. The highest BCUT2D eigenvalue weighted by Crippen LogP contribution is 2.30. The van der Waals surface area contributed by atoms with Gasteiger partial charge in [-0.15, -0.1) is 11.8 Å². The molecule has 1 unspecified atom stereocenters. The number of hydrogen-bond donors (Lipinski definition) is 1. The SMILES string of the molecule is CNC(CSc1ccccc1Cl)c1cccc(F)c1. The summed E-state index contributed by atoms with van der Waals surface area (Å²) < 4.78 is 13.2. The van der Waals surface area contributed by atoms with Gasteiger partial charge in [-0.25, -0.2) is 4.39 Å². The largest absolute Gasteiger partial charge is 0.312 e. The Balaban J connectivity index is 2.06. The summed E-state index contributed by atoms with van der Waals surface area (Å²) in [5.74, 6) is 0.587. The minimum absolute atomic E-state index is 0.0944. The summed E-state index contributed by atoms with van der Waals surface area (Å²) in [5, 5.41) is 3.96. The molecule has 0 amide bonds. The number of benzene rings is 2. The van der Waals surface area contributed by atoms with Gasteiger partial charge in [-0.2, -0.15) is 0 Å². The van der Waals surface area contributed by atoms with Gasteiger partial charge in [0.25, 0.3) is 0 Å². The summed E-state index contributed by atoms with van der Waals surface area (Å²) in [6.07, 6.45) is 0. The molecule has 1 atom stereocenters. The van der Waals surface area contributed by atoms with E-state index in [1.807, 2.05) is 37.4 Å². The summed E-state index contributed by atoms with van der Waals surface area (Å²) in [5.41, 5.74) is 0.946. The van der Waals surface area contributed by atoms with Crippen LogP contribution < -0.4 is 5.32 Å². The van der Waals surface area contributed by atoms with Crippen LogP contribution in [0.3, 0.4) is 0 Å². The maximum absolute atomic E-state index is 13.2. The highest BCUT2D eigenvalue weighted by molar-refractivity contribution is 7.99. The number of thioether (sulfide) groups is 1. The van der Waals surface area contributed by atoms with Gasteiger partial charge in [0.05, 0.1) is 5.02 Å². The average molecular weight is 296 g/mol. The van der Waals surface area contributed by atoms with Crippen molar-refractivity contribution >= 4 is 23.4 Å². The zero-order chi connectivity index (χ0) is 13.7. The summed E-state index contributed by atoms with van der Waals surface area (Å²) in [6, 6.07) is 14.5. The predicted octanol–water partition coefficient (Wildman–Crippen LogP) is 4.53. The third-order valence-corrected chi connectivity index (χ3v) is 4.45. The molecule has 2 aromatic rings. The Morgan fingerprint density at radius 1 is 1.21 bits per heavy atom. The summed E-state index contributed by atoms with van der Waals surface area (Å²) >= 11 is 7.78. The number of halogens is 2. The number of nitrogens with one attached hydrogen (secondary N) is 1. The second-order valence-corrected chi connectivity index (χ2v) is 5.61. The molecule has 0 saturated heterocycles. The van der Waals surface area contributed by atoms with Crippen molar-refractivity contribution in [3.63, 3.8) is 0 Å². The van der Waals surface area contributed by atoms with Gasteiger partial charge >= 0.3 is 0 Å². The zero-order valence-electron chi connectivity index (χ0n) is 10.6. The van der Waals surface area contributed by atoms with Gasteiger partial charge in [-0.05, 0) is 36.9 Å². The molecule has 1 N–H and O–H groups in total. The van der Waals surface area contributed by atoms with Gasteiger partial charge in [0.2, 0.25) is 0 Å². The van der Waals surface area contributed by atoms with E-state index in [4.69, 9.17) is 11.6 Å². The average Bonchev–Trinajstić information content (AvgIpc) is 2.41. The lowest BCUT2D eigenvalue weighted by atomic mass is 10.1. The normalized spacial score (nSPS) is 12.4. The zero-order valence-corrected chi connectivity index (χ0v) is 12.1. The minimum atomic E-state index is -0.208. The van der Waals surface area contributed by atoms with Crippen LogP contribution in [-0.4, -0.2) is 12.8 Å². The summed E-state index contributed by atoms with van der Waals surface area (Å²) in [6.45, 7) is 0. The van der Waals surface area contributed by atoms with Gasteiger partial charge in [0, 0.05) is 16.7 Å². The molecule has 19 heavy (non-hydrogen) atoms. The van der Waals surface area contributed by atoms with Gasteiger partial charge in [0.15, 0.2) is 0 Å². The van der Waals surface area contributed by atoms with Crippen LogP contribution in [0.15, 0.2) is 53.4 Å². The van der Waals surface area contributed by atoms with Crippen molar-refractivity contribution in [1.82, 2.24) is 5.32 Å². The number of rotatable bonds is 5. The van der Waals surface area contributed by atoms with Crippen molar-refractivity contribution in [2.24, 2.45) is 0 Å². The van der Waals surface area contributed by atoms with E-state index < -0.39 is 0 Å². The Bertz CT molecular complexity index is 547. The highest BCUT2D eigenvalue weighted by atomic mass is 35.5. The Morgan fingerprint density at radius 2 is 2.00 bits per heavy atom. The molecule has 0 saturated carbocycles. The molecule has 0 bridgehead atoms. The smallest absolute Gasteiger partial charge is 0.123 e. The van der Waals surface area contributed by atoms with Crippen LogP contribution in [0, 0.1) is 5.82 Å². The van der Waals surface area contributed by atoms with E-state index in [1.54, 1.807) is 23.9 Å². The fourth-order valence-electron chi connectivity index (χ4n) is 1.80. The quantitative estimate of drug-likeness (QED) is 0.813. The van der Waals surface area contributed by atoms with E-state index in [-0.39, 0.29) is 11.9 Å². The molecular formula is C15H15ClFNS. The van der Waals surface area contributed by atoms with Crippen molar-refractivity contribution < 1.29 is 4.39 Å². The molecule has 0 aliphatic carbocycles. The molecule has 0 heterocycles. The van der Waals surface area contributed by atoms with Crippen LogP contribution in [-0.2, 0) is 0 Å². The van der Waals surface area contributed by atoms with Crippen LogP contribution >= 0.6 is 23.4 Å². The molecule has 1 nitrogen and oxygen atoms in total. The van der Waals surface area contributed by atoms with E-state index in [0.29, 0.717) is 0 Å². The Kier molecular flexibility index (Phi) is 5.25. The van der Waals surface area contributed by atoms with Crippen LogP contribution in [0.5, 0.6) is 0 Å². The predicted molar refractivity (Wildman–Crippen MR) is 80.4 cm³/mol. The lowest BCUT2D eigenvalue weighted by Gasteiger charge is -2.16. The molecule has 100 valence electrons. The molecule has 4 heteroatoms. The summed E-state index contributed by atoms with van der Waals surface area (Å²) in [4.78, 5) is 1.04. The molecule has 2 rings (SSSR count). The molecule has 0 aliphatic rings. The lowest BCUT2D eigenvalue weighted by Crippen LogP contribution is -2.18. The van der Waals surface area contributed by atoms with Crippen LogP contribution in [0.2, 0.25) is 5.02 Å². The molecule has 0 aliphatic heterocycles.